The van der Waals surface area contributed by atoms with E-state index in [0.717, 1.165) is 6.04 Å². The molecule has 1 atom stereocenters. The summed E-state index contributed by atoms with van der Waals surface area (Å²) < 4.78 is 0. The van der Waals surface area contributed by atoms with Crippen molar-refractivity contribution >= 4 is 0 Å². The lowest BCUT2D eigenvalue weighted by molar-refractivity contribution is 0.260. The lowest BCUT2D eigenvalue weighted by Crippen LogP contribution is -2.41. The highest BCUT2D eigenvalue weighted by molar-refractivity contribution is 5.10. The van der Waals surface area contributed by atoms with E-state index in [-0.39, 0.29) is 0 Å². The molecule has 1 heterocycles. The van der Waals surface area contributed by atoms with Crippen LogP contribution in [0.4, 0.5) is 0 Å². The molecule has 0 unspecified atom stereocenters. The van der Waals surface area contributed by atoms with Crippen LogP contribution < -0.4 is 5.32 Å². The SMILES string of the molecule is CC(C)N[C@@H]1CN(C(C)C)CC12CC2. The maximum absolute atomic E-state index is 3.74. The molecule has 0 bridgehead atoms. The molecule has 1 saturated carbocycles. The molecule has 1 saturated heterocycles. The van der Waals surface area contributed by atoms with Gasteiger partial charge in [-0.1, -0.05) is 13.8 Å². The van der Waals surface area contributed by atoms with Crippen LogP contribution >= 0.6 is 0 Å². The van der Waals surface area contributed by atoms with Crippen molar-refractivity contribution in [3.63, 3.8) is 0 Å². The molecule has 1 N–H and O–H groups in total. The molecule has 1 aliphatic heterocycles. The first-order chi connectivity index (χ1) is 6.53. The second-order valence-corrected chi connectivity index (χ2v) is 5.76. The van der Waals surface area contributed by atoms with Crippen LogP contribution in [0.15, 0.2) is 0 Å². The summed E-state index contributed by atoms with van der Waals surface area (Å²) in [5.41, 5.74) is 0.661. The summed E-state index contributed by atoms with van der Waals surface area (Å²) in [5.74, 6) is 0. The second-order valence-electron chi connectivity index (χ2n) is 5.76. The number of nitrogens with one attached hydrogen (secondary N) is 1. The zero-order valence-electron chi connectivity index (χ0n) is 10.0. The summed E-state index contributed by atoms with van der Waals surface area (Å²) >= 11 is 0. The van der Waals surface area contributed by atoms with Crippen LogP contribution in [-0.2, 0) is 0 Å². The Bertz CT molecular complexity index is 206. The standard InChI is InChI=1S/C12H24N2/c1-9(2)13-11-7-14(10(3)4)8-12(11)5-6-12/h9-11,13H,5-8H2,1-4H3/t11-/m1/s1. The van der Waals surface area contributed by atoms with Gasteiger partial charge in [-0.15, -0.1) is 0 Å². The van der Waals surface area contributed by atoms with Gasteiger partial charge in [0.25, 0.3) is 0 Å². The van der Waals surface area contributed by atoms with Crippen LogP contribution in [0.5, 0.6) is 0 Å². The highest BCUT2D eigenvalue weighted by atomic mass is 15.2. The van der Waals surface area contributed by atoms with E-state index in [4.69, 9.17) is 0 Å². The Morgan fingerprint density at radius 1 is 1.21 bits per heavy atom. The van der Waals surface area contributed by atoms with Gasteiger partial charge in [0.15, 0.2) is 0 Å². The van der Waals surface area contributed by atoms with E-state index < -0.39 is 0 Å². The maximum atomic E-state index is 3.74. The van der Waals surface area contributed by atoms with Crippen molar-refractivity contribution in [1.29, 1.82) is 0 Å². The first kappa shape index (κ1) is 10.4. The molecule has 2 rings (SSSR count). The molecule has 1 aliphatic carbocycles. The van der Waals surface area contributed by atoms with Gasteiger partial charge in [-0.05, 0) is 32.1 Å². The van der Waals surface area contributed by atoms with Gasteiger partial charge in [-0.25, -0.2) is 0 Å². The van der Waals surface area contributed by atoms with Crippen LogP contribution in [0.25, 0.3) is 0 Å². The third-order valence-electron chi connectivity index (χ3n) is 3.83. The molecule has 14 heavy (non-hydrogen) atoms. The van der Waals surface area contributed by atoms with Crippen LogP contribution in [0, 0.1) is 5.41 Å². The Balaban J connectivity index is 1.97. The van der Waals surface area contributed by atoms with E-state index in [1.807, 2.05) is 0 Å². The highest BCUT2D eigenvalue weighted by Crippen LogP contribution is 2.53. The van der Waals surface area contributed by atoms with E-state index in [2.05, 4.69) is 37.9 Å². The lowest BCUT2D eigenvalue weighted by atomic mass is 10.0. The van der Waals surface area contributed by atoms with E-state index in [1.54, 1.807) is 0 Å². The summed E-state index contributed by atoms with van der Waals surface area (Å²) in [6.45, 7) is 11.7. The molecule has 0 aromatic carbocycles. The number of hydrogen-bond acceptors (Lipinski definition) is 2. The Morgan fingerprint density at radius 2 is 1.86 bits per heavy atom. The monoisotopic (exact) mass is 196 g/mol. The molecule has 0 aromatic rings. The average Bonchev–Trinajstić information content (AvgIpc) is 2.72. The van der Waals surface area contributed by atoms with Gasteiger partial charge in [0.2, 0.25) is 0 Å². The van der Waals surface area contributed by atoms with Crippen molar-refractivity contribution in [2.24, 2.45) is 5.41 Å². The Kier molecular flexibility index (Phi) is 2.61. The summed E-state index contributed by atoms with van der Waals surface area (Å²) in [6, 6.07) is 2.10. The van der Waals surface area contributed by atoms with Crippen LogP contribution in [0.3, 0.4) is 0 Å². The second kappa shape index (κ2) is 3.49. The molecule has 2 fully saturated rings. The van der Waals surface area contributed by atoms with Crippen molar-refractivity contribution in [3.8, 4) is 0 Å². The molecule has 2 heteroatoms. The molecule has 82 valence electrons. The van der Waals surface area contributed by atoms with Gasteiger partial charge in [-0.3, -0.25) is 4.90 Å². The molecule has 1 spiro atoms. The van der Waals surface area contributed by atoms with Gasteiger partial charge in [0, 0.05) is 31.2 Å². The zero-order valence-corrected chi connectivity index (χ0v) is 10.0. The van der Waals surface area contributed by atoms with Crippen LogP contribution in [0.1, 0.15) is 40.5 Å². The molecular formula is C12H24N2. The first-order valence-corrected chi connectivity index (χ1v) is 6.03. The van der Waals surface area contributed by atoms with Crippen LogP contribution in [0.2, 0.25) is 0 Å². The Morgan fingerprint density at radius 3 is 2.29 bits per heavy atom. The fraction of sp³-hybridized carbons (Fsp3) is 1.00. The summed E-state index contributed by atoms with van der Waals surface area (Å²) in [4.78, 5) is 2.63. The largest absolute Gasteiger partial charge is 0.310 e. The minimum absolute atomic E-state index is 0.629. The van der Waals surface area contributed by atoms with Gasteiger partial charge in [-0.2, -0.15) is 0 Å². The van der Waals surface area contributed by atoms with Gasteiger partial charge in [0.05, 0.1) is 0 Å². The maximum Gasteiger partial charge on any atom is 0.0266 e. The van der Waals surface area contributed by atoms with E-state index in [0.29, 0.717) is 17.5 Å². The van der Waals surface area contributed by atoms with E-state index in [9.17, 15) is 0 Å². The molecule has 0 aromatic heterocycles. The minimum atomic E-state index is 0.629. The van der Waals surface area contributed by atoms with Gasteiger partial charge < -0.3 is 5.32 Å². The Hall–Kier alpha value is -0.0800. The topological polar surface area (TPSA) is 15.3 Å². The number of nitrogens with zero attached hydrogens (tertiary/aromatic N) is 1. The molecule has 0 amide bonds. The minimum Gasteiger partial charge on any atom is -0.310 e. The lowest BCUT2D eigenvalue weighted by Gasteiger charge is -2.22. The molecular weight excluding hydrogens is 172 g/mol. The fourth-order valence-electron chi connectivity index (χ4n) is 2.70. The average molecular weight is 196 g/mol. The molecule has 0 radical (unpaired) electrons. The summed E-state index contributed by atoms with van der Waals surface area (Å²) in [7, 11) is 0. The number of hydrogen-bond donors (Lipinski definition) is 1. The number of likely N-dealkylation sites (tertiary alicyclic amines) is 1. The summed E-state index contributed by atoms with van der Waals surface area (Å²) in [5, 5.41) is 3.74. The van der Waals surface area contributed by atoms with Gasteiger partial charge in [0.1, 0.15) is 0 Å². The molecule has 2 aliphatic rings. The Labute approximate surface area is 88.1 Å². The van der Waals surface area contributed by atoms with Crippen molar-refractivity contribution in [1.82, 2.24) is 10.2 Å². The van der Waals surface area contributed by atoms with Crippen molar-refractivity contribution in [2.75, 3.05) is 13.1 Å². The zero-order chi connectivity index (χ0) is 10.3. The smallest absolute Gasteiger partial charge is 0.0266 e. The van der Waals surface area contributed by atoms with E-state index in [1.165, 1.54) is 25.9 Å². The van der Waals surface area contributed by atoms with E-state index >= 15 is 0 Å². The van der Waals surface area contributed by atoms with Crippen LogP contribution in [-0.4, -0.2) is 36.1 Å². The number of rotatable bonds is 3. The highest BCUT2D eigenvalue weighted by Gasteiger charge is 2.55. The predicted octanol–water partition coefficient (Wildman–Crippen LogP) is 1.86. The van der Waals surface area contributed by atoms with Crippen molar-refractivity contribution in [3.05, 3.63) is 0 Å². The summed E-state index contributed by atoms with van der Waals surface area (Å²) in [6.07, 6.45) is 2.89. The van der Waals surface area contributed by atoms with Gasteiger partial charge >= 0.3 is 0 Å². The third kappa shape index (κ3) is 1.82. The first-order valence-electron chi connectivity index (χ1n) is 6.03. The van der Waals surface area contributed by atoms with Crippen molar-refractivity contribution < 1.29 is 0 Å². The molecule has 2 nitrogen and oxygen atoms in total. The quantitative estimate of drug-likeness (QED) is 0.741. The predicted molar refractivity (Wildman–Crippen MR) is 60.4 cm³/mol. The normalized spacial score (nSPS) is 30.9. The third-order valence-corrected chi connectivity index (χ3v) is 3.83. The van der Waals surface area contributed by atoms with Crippen molar-refractivity contribution in [2.45, 2.75) is 58.7 Å². The fourth-order valence-corrected chi connectivity index (χ4v) is 2.70.